The Balaban J connectivity index is 1.40. The summed E-state index contributed by atoms with van der Waals surface area (Å²) in [5, 5.41) is 7.56. The summed E-state index contributed by atoms with van der Waals surface area (Å²) >= 11 is 18.6. The number of hydrogen-bond acceptors (Lipinski definition) is 6. The third-order valence-corrected chi connectivity index (χ3v) is 6.52. The number of nitrogens with one attached hydrogen (secondary N) is 2. The second-order valence-electron chi connectivity index (χ2n) is 7.87. The minimum Gasteiger partial charge on any atom is -0.362 e. The molecule has 0 saturated carbocycles. The van der Waals surface area contributed by atoms with Crippen LogP contribution in [0.25, 0.3) is 0 Å². The molecule has 2 N–H and O–H groups in total. The molecule has 2 saturated heterocycles. The summed E-state index contributed by atoms with van der Waals surface area (Å²) in [4.78, 5) is 36.8. The molecule has 2 aliphatic rings. The van der Waals surface area contributed by atoms with Crippen LogP contribution in [-0.4, -0.2) is 58.9 Å². The minimum atomic E-state index is -0.405. The number of benzene rings is 1. The molecule has 2 fully saturated rings. The largest absolute Gasteiger partial charge is 0.362 e. The molecule has 2 amide bonds. The fourth-order valence-electron chi connectivity index (χ4n) is 3.89. The molecular weight excluding hydrogens is 475 g/mol. The Morgan fingerprint density at radius 2 is 1.94 bits per heavy atom. The molecule has 0 spiro atoms. The average Bonchev–Trinajstić information content (AvgIpc) is 3.21. The van der Waals surface area contributed by atoms with Crippen LogP contribution in [0.1, 0.15) is 31.4 Å². The Morgan fingerprint density at radius 3 is 2.59 bits per heavy atom. The van der Waals surface area contributed by atoms with Gasteiger partial charge in [-0.05, 0) is 31.0 Å². The van der Waals surface area contributed by atoms with Crippen LogP contribution in [-0.2, 0) is 9.59 Å². The SMILES string of the molecule is C[C@@H](Nc1nc(N2CCN(C(=O)[C@@H]3CCC(=O)N3)CC2)ncc1Cl)c1ccc(Cl)cc1Cl. The van der Waals surface area contributed by atoms with Gasteiger partial charge in [-0.2, -0.15) is 4.98 Å². The van der Waals surface area contributed by atoms with Crippen molar-refractivity contribution in [1.82, 2.24) is 20.2 Å². The van der Waals surface area contributed by atoms with Gasteiger partial charge in [0.1, 0.15) is 11.1 Å². The Hall–Kier alpha value is -2.29. The van der Waals surface area contributed by atoms with Crippen molar-refractivity contribution in [3.63, 3.8) is 0 Å². The molecule has 2 aromatic rings. The van der Waals surface area contributed by atoms with Crippen molar-refractivity contribution in [2.45, 2.75) is 31.8 Å². The van der Waals surface area contributed by atoms with E-state index in [1.165, 1.54) is 0 Å². The quantitative estimate of drug-likeness (QED) is 0.657. The second kappa shape index (κ2) is 9.68. The maximum Gasteiger partial charge on any atom is 0.245 e. The number of hydrogen-bond donors (Lipinski definition) is 2. The van der Waals surface area contributed by atoms with Crippen molar-refractivity contribution in [2.24, 2.45) is 0 Å². The lowest BCUT2D eigenvalue weighted by molar-refractivity contribution is -0.134. The van der Waals surface area contributed by atoms with Gasteiger partial charge in [0.05, 0.1) is 12.2 Å². The summed E-state index contributed by atoms with van der Waals surface area (Å²) in [5.74, 6) is 0.948. The summed E-state index contributed by atoms with van der Waals surface area (Å²) in [5.41, 5.74) is 0.874. The van der Waals surface area contributed by atoms with E-state index in [0.717, 1.165) is 5.56 Å². The Kier molecular flexibility index (Phi) is 6.93. The van der Waals surface area contributed by atoms with Crippen molar-refractivity contribution in [3.8, 4) is 0 Å². The first kappa shape index (κ1) is 22.9. The zero-order valence-corrected chi connectivity index (χ0v) is 19.7. The third kappa shape index (κ3) is 5.03. The zero-order chi connectivity index (χ0) is 22.8. The highest BCUT2D eigenvalue weighted by atomic mass is 35.5. The van der Waals surface area contributed by atoms with Crippen molar-refractivity contribution in [2.75, 3.05) is 36.4 Å². The predicted octanol–water partition coefficient (Wildman–Crippen LogP) is 3.54. The fraction of sp³-hybridized carbons (Fsp3) is 0.429. The first-order valence-corrected chi connectivity index (χ1v) is 11.5. The van der Waals surface area contributed by atoms with Crippen molar-refractivity contribution in [1.29, 1.82) is 0 Å². The van der Waals surface area contributed by atoms with Gasteiger partial charge in [0.25, 0.3) is 0 Å². The summed E-state index contributed by atoms with van der Waals surface area (Å²) in [6.07, 6.45) is 2.53. The smallest absolute Gasteiger partial charge is 0.245 e. The van der Waals surface area contributed by atoms with E-state index in [-0.39, 0.29) is 17.9 Å². The molecule has 2 atom stereocenters. The molecule has 0 unspecified atom stereocenters. The highest BCUT2D eigenvalue weighted by molar-refractivity contribution is 6.35. The molecular formula is C21H23Cl3N6O2. The van der Waals surface area contributed by atoms with E-state index in [1.54, 1.807) is 23.2 Å². The number of amides is 2. The van der Waals surface area contributed by atoms with E-state index >= 15 is 0 Å². The maximum absolute atomic E-state index is 12.6. The first-order chi connectivity index (χ1) is 15.3. The number of carbonyl (C=O) groups is 2. The van der Waals surface area contributed by atoms with E-state index in [9.17, 15) is 9.59 Å². The van der Waals surface area contributed by atoms with Gasteiger partial charge < -0.3 is 20.4 Å². The summed E-state index contributed by atoms with van der Waals surface area (Å²) in [6, 6.07) is 4.78. The molecule has 4 rings (SSSR count). The van der Waals surface area contributed by atoms with E-state index in [0.29, 0.717) is 65.9 Å². The van der Waals surface area contributed by atoms with Crippen LogP contribution in [0.4, 0.5) is 11.8 Å². The number of carbonyl (C=O) groups excluding carboxylic acids is 2. The van der Waals surface area contributed by atoms with Crippen LogP contribution in [0.2, 0.25) is 15.1 Å². The number of piperazine rings is 1. The number of halogens is 3. The van der Waals surface area contributed by atoms with Gasteiger partial charge in [0.2, 0.25) is 17.8 Å². The molecule has 2 aliphatic heterocycles. The molecule has 170 valence electrons. The van der Waals surface area contributed by atoms with Gasteiger partial charge in [-0.1, -0.05) is 40.9 Å². The normalized spacial score (nSPS) is 19.6. The second-order valence-corrected chi connectivity index (χ2v) is 9.12. The van der Waals surface area contributed by atoms with Crippen molar-refractivity contribution in [3.05, 3.63) is 45.0 Å². The zero-order valence-electron chi connectivity index (χ0n) is 17.4. The molecule has 8 nitrogen and oxygen atoms in total. The van der Waals surface area contributed by atoms with E-state index in [4.69, 9.17) is 34.8 Å². The molecule has 0 aliphatic carbocycles. The summed E-state index contributed by atoms with van der Waals surface area (Å²) in [6.45, 7) is 4.21. The van der Waals surface area contributed by atoms with Gasteiger partial charge in [-0.3, -0.25) is 9.59 Å². The summed E-state index contributed by atoms with van der Waals surface area (Å²) in [7, 11) is 0. The maximum atomic E-state index is 12.6. The van der Waals surface area contributed by atoms with E-state index in [1.807, 2.05) is 17.9 Å². The van der Waals surface area contributed by atoms with Gasteiger partial charge in [-0.25, -0.2) is 4.98 Å². The highest BCUT2D eigenvalue weighted by Gasteiger charge is 2.32. The molecule has 1 aromatic heterocycles. The molecule has 11 heteroatoms. The van der Waals surface area contributed by atoms with Crippen LogP contribution in [0.15, 0.2) is 24.4 Å². The first-order valence-electron chi connectivity index (χ1n) is 10.4. The Morgan fingerprint density at radius 1 is 1.19 bits per heavy atom. The standard InChI is InChI=1S/C21H23Cl3N6O2/c1-12(14-3-2-13(22)10-15(14)23)26-19-16(24)11-25-21(28-19)30-8-6-29(7-9-30)20(32)17-4-5-18(31)27-17/h2-3,10-12,17H,4-9H2,1H3,(H,27,31)(H,25,26,28)/t12-,17+/m1/s1. The minimum absolute atomic E-state index is 0.0245. The van der Waals surface area contributed by atoms with Gasteiger partial charge in [0.15, 0.2) is 5.82 Å². The van der Waals surface area contributed by atoms with Crippen LogP contribution < -0.4 is 15.5 Å². The number of aromatic nitrogens is 2. The van der Waals surface area contributed by atoms with Crippen LogP contribution in [0.3, 0.4) is 0 Å². The lowest BCUT2D eigenvalue weighted by Gasteiger charge is -2.36. The van der Waals surface area contributed by atoms with Gasteiger partial charge in [0, 0.05) is 42.6 Å². The fourth-order valence-corrected chi connectivity index (χ4v) is 4.61. The average molecular weight is 498 g/mol. The lowest BCUT2D eigenvalue weighted by atomic mass is 10.1. The van der Waals surface area contributed by atoms with Crippen molar-refractivity contribution < 1.29 is 9.59 Å². The number of nitrogens with zero attached hydrogens (tertiary/aromatic N) is 4. The predicted molar refractivity (Wildman–Crippen MR) is 125 cm³/mol. The van der Waals surface area contributed by atoms with Crippen LogP contribution >= 0.6 is 34.8 Å². The van der Waals surface area contributed by atoms with Crippen LogP contribution in [0.5, 0.6) is 0 Å². The summed E-state index contributed by atoms with van der Waals surface area (Å²) < 4.78 is 0. The molecule has 0 radical (unpaired) electrons. The Bertz CT molecular complexity index is 1030. The van der Waals surface area contributed by atoms with Crippen molar-refractivity contribution >= 4 is 58.4 Å². The lowest BCUT2D eigenvalue weighted by Crippen LogP contribution is -2.53. The highest BCUT2D eigenvalue weighted by Crippen LogP contribution is 2.30. The Labute approximate surface area is 201 Å². The molecule has 1 aromatic carbocycles. The molecule has 3 heterocycles. The third-order valence-electron chi connectivity index (χ3n) is 5.68. The van der Waals surface area contributed by atoms with E-state index in [2.05, 4.69) is 20.6 Å². The van der Waals surface area contributed by atoms with Crippen LogP contribution in [0, 0.1) is 0 Å². The topological polar surface area (TPSA) is 90.5 Å². The number of rotatable bonds is 5. The van der Waals surface area contributed by atoms with Gasteiger partial charge in [-0.15, -0.1) is 0 Å². The van der Waals surface area contributed by atoms with Gasteiger partial charge >= 0.3 is 0 Å². The molecule has 32 heavy (non-hydrogen) atoms. The molecule has 0 bridgehead atoms. The monoisotopic (exact) mass is 496 g/mol. The number of anilines is 2. The van der Waals surface area contributed by atoms with E-state index < -0.39 is 6.04 Å².